The van der Waals surface area contributed by atoms with Crippen LogP contribution in [0.1, 0.15) is 18.6 Å². The van der Waals surface area contributed by atoms with Gasteiger partial charge in [0.25, 0.3) is 0 Å². The lowest BCUT2D eigenvalue weighted by atomic mass is 10.1. The Balaban J connectivity index is 3.05. The number of rotatable bonds is 7. The maximum Gasteiger partial charge on any atom is 0.0782 e. The van der Waals surface area contributed by atoms with Crippen molar-refractivity contribution in [1.29, 1.82) is 0 Å². The molecule has 0 heterocycles. The number of ether oxygens (including phenoxy) is 1. The topological polar surface area (TPSA) is 32.7 Å². The molecule has 1 unspecified atom stereocenters. The summed E-state index contributed by atoms with van der Waals surface area (Å²) < 4.78 is 6.08. The van der Waals surface area contributed by atoms with Crippen molar-refractivity contribution in [1.82, 2.24) is 0 Å². The number of aliphatic hydroxyl groups is 1. The van der Waals surface area contributed by atoms with Gasteiger partial charge in [0.1, 0.15) is 0 Å². The van der Waals surface area contributed by atoms with E-state index in [-0.39, 0.29) is 0 Å². The SMILES string of the molecule is C=CCN(CCOC)c1ccc(Br)cc1C(C)O. The van der Waals surface area contributed by atoms with Crippen molar-refractivity contribution >= 4 is 21.6 Å². The molecule has 0 bridgehead atoms. The van der Waals surface area contributed by atoms with E-state index in [1.807, 2.05) is 24.3 Å². The molecule has 0 spiro atoms. The molecule has 1 N–H and O–H groups in total. The van der Waals surface area contributed by atoms with Gasteiger partial charge in [0.15, 0.2) is 0 Å². The third-order valence-corrected chi connectivity index (χ3v) is 3.19. The molecule has 0 aliphatic rings. The van der Waals surface area contributed by atoms with Crippen LogP contribution in [0.15, 0.2) is 35.3 Å². The fourth-order valence-corrected chi connectivity index (χ4v) is 2.19. The van der Waals surface area contributed by atoms with Gasteiger partial charge >= 0.3 is 0 Å². The van der Waals surface area contributed by atoms with Crippen molar-refractivity contribution in [2.75, 3.05) is 31.7 Å². The van der Waals surface area contributed by atoms with Gasteiger partial charge in [-0.2, -0.15) is 0 Å². The zero-order chi connectivity index (χ0) is 13.5. The van der Waals surface area contributed by atoms with E-state index in [1.54, 1.807) is 14.0 Å². The number of anilines is 1. The standard InChI is InChI=1S/C14H20BrNO2/c1-4-7-16(8-9-18-3)14-6-5-12(15)10-13(14)11(2)17/h4-6,10-11,17H,1,7-9H2,2-3H3. The molecular formula is C14H20BrNO2. The summed E-state index contributed by atoms with van der Waals surface area (Å²) in [6.45, 7) is 7.68. The summed E-state index contributed by atoms with van der Waals surface area (Å²) in [6.07, 6.45) is 1.34. The van der Waals surface area contributed by atoms with E-state index in [1.165, 1.54) is 0 Å². The Hall–Kier alpha value is -0.840. The first-order valence-electron chi connectivity index (χ1n) is 5.92. The Morgan fingerprint density at radius 2 is 2.28 bits per heavy atom. The smallest absolute Gasteiger partial charge is 0.0782 e. The molecule has 3 nitrogen and oxygen atoms in total. The van der Waals surface area contributed by atoms with Crippen LogP contribution in [0, 0.1) is 0 Å². The van der Waals surface area contributed by atoms with Crippen molar-refractivity contribution in [3.8, 4) is 0 Å². The molecular weight excluding hydrogens is 294 g/mol. The van der Waals surface area contributed by atoms with Crippen molar-refractivity contribution in [3.05, 3.63) is 40.9 Å². The zero-order valence-corrected chi connectivity index (χ0v) is 12.5. The fraction of sp³-hybridized carbons (Fsp3) is 0.429. The van der Waals surface area contributed by atoms with Crippen LogP contribution < -0.4 is 4.90 Å². The van der Waals surface area contributed by atoms with E-state index >= 15 is 0 Å². The van der Waals surface area contributed by atoms with Crippen LogP contribution in [0.25, 0.3) is 0 Å². The first-order valence-corrected chi connectivity index (χ1v) is 6.71. The molecule has 100 valence electrons. The number of halogens is 1. The molecule has 4 heteroatoms. The van der Waals surface area contributed by atoms with Crippen LogP contribution in [-0.4, -0.2) is 31.9 Å². The molecule has 1 aromatic carbocycles. The lowest BCUT2D eigenvalue weighted by Gasteiger charge is -2.26. The summed E-state index contributed by atoms with van der Waals surface area (Å²) in [4.78, 5) is 2.14. The lowest BCUT2D eigenvalue weighted by Crippen LogP contribution is -2.28. The molecule has 0 saturated heterocycles. The molecule has 0 fully saturated rings. The minimum atomic E-state index is -0.507. The monoisotopic (exact) mass is 313 g/mol. The van der Waals surface area contributed by atoms with Gasteiger partial charge in [-0.1, -0.05) is 22.0 Å². The minimum absolute atomic E-state index is 0.507. The maximum atomic E-state index is 9.87. The molecule has 1 aromatic rings. The van der Waals surface area contributed by atoms with Crippen LogP contribution in [0.2, 0.25) is 0 Å². The molecule has 1 atom stereocenters. The highest BCUT2D eigenvalue weighted by atomic mass is 79.9. The van der Waals surface area contributed by atoms with Gasteiger partial charge in [0.2, 0.25) is 0 Å². The van der Waals surface area contributed by atoms with Crippen molar-refractivity contribution in [2.24, 2.45) is 0 Å². The molecule has 0 radical (unpaired) electrons. The van der Waals surface area contributed by atoms with E-state index in [0.717, 1.165) is 28.8 Å². The molecule has 1 rings (SSSR count). The van der Waals surface area contributed by atoms with Crippen molar-refractivity contribution < 1.29 is 9.84 Å². The van der Waals surface area contributed by atoms with Crippen LogP contribution in [0.3, 0.4) is 0 Å². The van der Waals surface area contributed by atoms with Crippen molar-refractivity contribution in [2.45, 2.75) is 13.0 Å². The van der Waals surface area contributed by atoms with Gasteiger partial charge in [-0.05, 0) is 25.1 Å². The molecule has 0 aliphatic carbocycles. The van der Waals surface area contributed by atoms with Crippen LogP contribution >= 0.6 is 15.9 Å². The highest BCUT2D eigenvalue weighted by molar-refractivity contribution is 9.10. The summed E-state index contributed by atoms with van der Waals surface area (Å²) >= 11 is 3.43. The average molecular weight is 314 g/mol. The Bertz CT molecular complexity index is 393. The van der Waals surface area contributed by atoms with Crippen LogP contribution in [-0.2, 0) is 4.74 Å². The second-order valence-corrected chi connectivity index (χ2v) is 5.02. The largest absolute Gasteiger partial charge is 0.389 e. The lowest BCUT2D eigenvalue weighted by molar-refractivity contribution is 0.197. The van der Waals surface area contributed by atoms with Gasteiger partial charge in [-0.25, -0.2) is 0 Å². The van der Waals surface area contributed by atoms with Gasteiger partial charge in [-0.3, -0.25) is 0 Å². The summed E-state index contributed by atoms with van der Waals surface area (Å²) in [6, 6.07) is 5.93. The van der Waals surface area contributed by atoms with E-state index in [2.05, 4.69) is 27.4 Å². The Labute approximate surface area is 117 Å². The average Bonchev–Trinajstić information content (AvgIpc) is 2.34. The summed E-state index contributed by atoms with van der Waals surface area (Å²) in [7, 11) is 1.68. The molecule has 0 aromatic heterocycles. The number of methoxy groups -OCH3 is 1. The first-order chi connectivity index (χ1) is 8.60. The van der Waals surface area contributed by atoms with E-state index in [4.69, 9.17) is 4.74 Å². The Kier molecular flexibility index (Phi) is 6.39. The van der Waals surface area contributed by atoms with Gasteiger partial charge in [-0.15, -0.1) is 6.58 Å². The van der Waals surface area contributed by atoms with Gasteiger partial charge in [0.05, 0.1) is 12.7 Å². The highest BCUT2D eigenvalue weighted by Crippen LogP contribution is 2.29. The number of benzene rings is 1. The van der Waals surface area contributed by atoms with E-state index in [9.17, 15) is 5.11 Å². The number of nitrogens with zero attached hydrogens (tertiary/aromatic N) is 1. The maximum absolute atomic E-state index is 9.87. The fourth-order valence-electron chi connectivity index (χ4n) is 1.82. The minimum Gasteiger partial charge on any atom is -0.389 e. The quantitative estimate of drug-likeness (QED) is 0.785. The van der Waals surface area contributed by atoms with E-state index < -0.39 is 6.10 Å². The molecule has 0 amide bonds. The summed E-state index contributed by atoms with van der Waals surface area (Å²) in [5.41, 5.74) is 1.92. The second-order valence-electron chi connectivity index (χ2n) is 4.11. The summed E-state index contributed by atoms with van der Waals surface area (Å²) in [5.74, 6) is 0. The highest BCUT2D eigenvalue weighted by Gasteiger charge is 2.13. The first kappa shape index (κ1) is 15.2. The predicted molar refractivity (Wildman–Crippen MR) is 79.1 cm³/mol. The normalized spacial score (nSPS) is 12.2. The predicted octanol–water partition coefficient (Wildman–Crippen LogP) is 3.14. The Morgan fingerprint density at radius 1 is 1.56 bits per heavy atom. The number of hydrogen-bond donors (Lipinski definition) is 1. The zero-order valence-electron chi connectivity index (χ0n) is 10.9. The number of aliphatic hydroxyl groups excluding tert-OH is 1. The third-order valence-electron chi connectivity index (χ3n) is 2.70. The van der Waals surface area contributed by atoms with Gasteiger partial charge < -0.3 is 14.7 Å². The van der Waals surface area contributed by atoms with Crippen LogP contribution in [0.4, 0.5) is 5.69 Å². The molecule has 18 heavy (non-hydrogen) atoms. The van der Waals surface area contributed by atoms with Gasteiger partial charge in [0, 0.05) is 35.9 Å². The number of hydrogen-bond acceptors (Lipinski definition) is 3. The molecule has 0 saturated carbocycles. The van der Waals surface area contributed by atoms with Crippen molar-refractivity contribution in [3.63, 3.8) is 0 Å². The van der Waals surface area contributed by atoms with E-state index in [0.29, 0.717) is 6.61 Å². The van der Waals surface area contributed by atoms with Crippen LogP contribution in [0.5, 0.6) is 0 Å². The second kappa shape index (κ2) is 7.56. The third kappa shape index (κ3) is 4.12. The Morgan fingerprint density at radius 3 is 2.83 bits per heavy atom. The summed E-state index contributed by atoms with van der Waals surface area (Å²) in [5, 5.41) is 9.87. The molecule has 0 aliphatic heterocycles.